The van der Waals surface area contributed by atoms with Crippen molar-refractivity contribution in [1.82, 2.24) is 20.4 Å². The van der Waals surface area contributed by atoms with Crippen LogP contribution >= 0.6 is 11.6 Å². The quantitative estimate of drug-likeness (QED) is 0.563. The van der Waals surface area contributed by atoms with Crippen LogP contribution in [0.5, 0.6) is 0 Å². The Kier molecular flexibility index (Phi) is 6.92. The Morgan fingerprint density at radius 2 is 2.09 bits per heavy atom. The largest absolute Gasteiger partial charge is 0.349 e. The van der Waals surface area contributed by atoms with Gasteiger partial charge in [0.2, 0.25) is 17.6 Å². The average molecular weight is 453 g/mol. The van der Waals surface area contributed by atoms with Crippen LogP contribution in [0.4, 0.5) is 0 Å². The predicted molar refractivity (Wildman–Crippen MR) is 125 cm³/mol. The Bertz CT molecular complexity index is 1100. The molecule has 1 N–H and O–H groups in total. The molecule has 1 saturated heterocycles. The van der Waals surface area contributed by atoms with Gasteiger partial charge in [0.05, 0.1) is 23.5 Å². The molecule has 0 bridgehead atoms. The lowest BCUT2D eigenvalue weighted by molar-refractivity contribution is -0.127. The Morgan fingerprint density at radius 1 is 1.28 bits per heavy atom. The second kappa shape index (κ2) is 9.84. The molecular weight excluding hydrogens is 424 g/mol. The van der Waals surface area contributed by atoms with E-state index in [2.05, 4.69) is 59.3 Å². The van der Waals surface area contributed by atoms with Crippen molar-refractivity contribution in [3.63, 3.8) is 0 Å². The number of likely N-dealkylation sites (tertiary alicyclic amines) is 1. The first-order valence-corrected chi connectivity index (χ1v) is 11.5. The van der Waals surface area contributed by atoms with Gasteiger partial charge >= 0.3 is 0 Å². The fourth-order valence-electron chi connectivity index (χ4n) is 4.31. The highest BCUT2D eigenvalue weighted by Crippen LogP contribution is 2.26. The van der Waals surface area contributed by atoms with E-state index in [-0.39, 0.29) is 17.9 Å². The maximum absolute atomic E-state index is 13.0. The highest BCUT2D eigenvalue weighted by molar-refractivity contribution is 6.33. The van der Waals surface area contributed by atoms with Crippen molar-refractivity contribution in [2.75, 3.05) is 13.1 Å². The summed E-state index contributed by atoms with van der Waals surface area (Å²) in [6.45, 7) is 8.31. The van der Waals surface area contributed by atoms with Crippen LogP contribution in [0, 0.1) is 19.8 Å². The van der Waals surface area contributed by atoms with Gasteiger partial charge in [-0.3, -0.25) is 9.69 Å². The number of rotatable bonds is 6. The SMILES string of the molecule is Cc1ccc(C)c(C(C)NC(=O)C2CCCN(Cc3nc(-c4ccccc4Cl)no3)C2)c1. The normalized spacial score (nSPS) is 17.8. The molecule has 0 spiro atoms. The Hall–Kier alpha value is -2.70. The minimum Gasteiger partial charge on any atom is -0.349 e. The summed E-state index contributed by atoms with van der Waals surface area (Å²) in [7, 11) is 0. The van der Waals surface area contributed by atoms with E-state index in [1.807, 2.05) is 18.2 Å². The van der Waals surface area contributed by atoms with Crippen molar-refractivity contribution in [2.24, 2.45) is 5.92 Å². The number of aryl methyl sites for hydroxylation is 2. The lowest BCUT2D eigenvalue weighted by Gasteiger charge is -2.31. The lowest BCUT2D eigenvalue weighted by atomic mass is 9.95. The molecule has 0 saturated carbocycles. The summed E-state index contributed by atoms with van der Waals surface area (Å²) in [5, 5.41) is 7.89. The summed E-state index contributed by atoms with van der Waals surface area (Å²) in [5.41, 5.74) is 4.31. The minimum atomic E-state index is -0.0534. The highest BCUT2D eigenvalue weighted by Gasteiger charge is 2.28. The molecule has 7 heteroatoms. The molecule has 1 aliphatic heterocycles. The minimum absolute atomic E-state index is 0.0214. The molecule has 3 aromatic rings. The fourth-order valence-corrected chi connectivity index (χ4v) is 4.53. The van der Waals surface area contributed by atoms with E-state index in [0.29, 0.717) is 29.8 Å². The molecule has 2 atom stereocenters. The van der Waals surface area contributed by atoms with Gasteiger partial charge in [-0.05, 0) is 63.4 Å². The van der Waals surface area contributed by atoms with Crippen molar-refractivity contribution in [3.8, 4) is 11.4 Å². The van der Waals surface area contributed by atoms with Crippen LogP contribution in [0.15, 0.2) is 47.0 Å². The maximum Gasteiger partial charge on any atom is 0.241 e. The zero-order chi connectivity index (χ0) is 22.7. The monoisotopic (exact) mass is 452 g/mol. The average Bonchev–Trinajstić information content (AvgIpc) is 3.24. The summed E-state index contributed by atoms with van der Waals surface area (Å²) < 4.78 is 5.46. The molecule has 1 amide bonds. The third-order valence-electron chi connectivity index (χ3n) is 6.08. The number of benzene rings is 2. The van der Waals surface area contributed by atoms with E-state index in [9.17, 15) is 4.79 Å². The highest BCUT2D eigenvalue weighted by atomic mass is 35.5. The number of carbonyl (C=O) groups excluding carboxylic acids is 1. The molecule has 0 radical (unpaired) electrons. The molecule has 168 valence electrons. The van der Waals surface area contributed by atoms with Crippen LogP contribution in [0.25, 0.3) is 11.4 Å². The van der Waals surface area contributed by atoms with Crippen LogP contribution < -0.4 is 5.32 Å². The number of amides is 1. The number of hydrogen-bond donors (Lipinski definition) is 1. The van der Waals surface area contributed by atoms with Gasteiger partial charge in [-0.1, -0.05) is 52.7 Å². The molecule has 6 nitrogen and oxygen atoms in total. The summed E-state index contributed by atoms with van der Waals surface area (Å²) in [6, 6.07) is 13.8. The van der Waals surface area contributed by atoms with Gasteiger partial charge < -0.3 is 9.84 Å². The predicted octanol–water partition coefficient (Wildman–Crippen LogP) is 5.10. The summed E-state index contributed by atoms with van der Waals surface area (Å²) in [6.07, 6.45) is 1.85. The zero-order valence-corrected chi connectivity index (χ0v) is 19.5. The van der Waals surface area contributed by atoms with E-state index in [1.54, 1.807) is 6.07 Å². The van der Waals surface area contributed by atoms with Gasteiger partial charge in [-0.15, -0.1) is 0 Å². The number of aromatic nitrogens is 2. The first-order valence-electron chi connectivity index (χ1n) is 11.1. The zero-order valence-electron chi connectivity index (χ0n) is 18.8. The van der Waals surface area contributed by atoms with E-state index in [1.165, 1.54) is 16.7 Å². The lowest BCUT2D eigenvalue weighted by Crippen LogP contribution is -2.43. The molecule has 1 aliphatic rings. The standard InChI is InChI=1S/C25H29ClN4O2/c1-16-10-11-17(2)21(13-16)18(3)27-25(31)19-7-6-12-30(14-19)15-23-28-24(29-32-23)20-8-4-5-9-22(20)26/h4-5,8-11,13,18-19H,6-7,12,14-15H2,1-3H3,(H,27,31). The first kappa shape index (κ1) is 22.5. The van der Waals surface area contributed by atoms with E-state index < -0.39 is 0 Å². The van der Waals surface area contributed by atoms with Crippen molar-refractivity contribution in [2.45, 2.75) is 46.2 Å². The van der Waals surface area contributed by atoms with Crippen LogP contribution in [0.3, 0.4) is 0 Å². The Balaban J connectivity index is 1.37. The Morgan fingerprint density at radius 3 is 2.91 bits per heavy atom. The number of piperidine rings is 1. The number of halogens is 1. The van der Waals surface area contributed by atoms with Crippen LogP contribution in [0.2, 0.25) is 5.02 Å². The first-order chi connectivity index (χ1) is 15.4. The van der Waals surface area contributed by atoms with Crippen molar-refractivity contribution in [3.05, 3.63) is 70.1 Å². The summed E-state index contributed by atoms with van der Waals surface area (Å²) >= 11 is 6.24. The fraction of sp³-hybridized carbons (Fsp3) is 0.400. The van der Waals surface area contributed by atoms with Gasteiger partial charge in [0.25, 0.3) is 0 Å². The molecule has 2 unspecified atom stereocenters. The van der Waals surface area contributed by atoms with E-state index in [4.69, 9.17) is 16.1 Å². The molecule has 2 heterocycles. The molecular formula is C25H29ClN4O2. The van der Waals surface area contributed by atoms with Gasteiger partial charge in [-0.25, -0.2) is 0 Å². The van der Waals surface area contributed by atoms with Gasteiger partial charge in [0.15, 0.2) is 0 Å². The summed E-state index contributed by atoms with van der Waals surface area (Å²) in [4.78, 5) is 19.7. The molecule has 2 aromatic carbocycles. The third kappa shape index (κ3) is 5.19. The van der Waals surface area contributed by atoms with E-state index >= 15 is 0 Å². The molecule has 1 fully saturated rings. The smallest absolute Gasteiger partial charge is 0.241 e. The molecule has 32 heavy (non-hydrogen) atoms. The third-order valence-corrected chi connectivity index (χ3v) is 6.41. The van der Waals surface area contributed by atoms with Gasteiger partial charge in [0, 0.05) is 12.1 Å². The number of nitrogens with one attached hydrogen (secondary N) is 1. The topological polar surface area (TPSA) is 71.3 Å². The summed E-state index contributed by atoms with van der Waals surface area (Å²) in [5.74, 6) is 1.07. The van der Waals surface area contributed by atoms with E-state index in [0.717, 1.165) is 24.9 Å². The molecule has 0 aliphatic carbocycles. The van der Waals surface area contributed by atoms with Crippen LogP contribution in [-0.2, 0) is 11.3 Å². The van der Waals surface area contributed by atoms with Crippen molar-refractivity contribution < 1.29 is 9.32 Å². The number of carbonyl (C=O) groups is 1. The number of hydrogen-bond acceptors (Lipinski definition) is 5. The van der Waals surface area contributed by atoms with Crippen LogP contribution in [0.1, 0.15) is 48.4 Å². The van der Waals surface area contributed by atoms with Crippen LogP contribution in [-0.4, -0.2) is 34.0 Å². The van der Waals surface area contributed by atoms with Gasteiger partial charge in [-0.2, -0.15) is 4.98 Å². The molecule has 4 rings (SSSR count). The van der Waals surface area contributed by atoms with Gasteiger partial charge in [0.1, 0.15) is 0 Å². The van der Waals surface area contributed by atoms with Crippen molar-refractivity contribution in [1.29, 1.82) is 0 Å². The molecule has 1 aromatic heterocycles. The Labute approximate surface area is 194 Å². The second-order valence-electron chi connectivity index (χ2n) is 8.66. The second-order valence-corrected chi connectivity index (χ2v) is 9.06. The van der Waals surface area contributed by atoms with Crippen molar-refractivity contribution >= 4 is 17.5 Å². The number of nitrogens with zero attached hydrogens (tertiary/aromatic N) is 3. The maximum atomic E-state index is 13.0.